The lowest BCUT2D eigenvalue weighted by molar-refractivity contribution is 0.0692. The highest BCUT2D eigenvalue weighted by molar-refractivity contribution is 5.30. The topological polar surface area (TPSA) is 49.5 Å². The normalized spacial score (nSPS) is 22.4. The average molecular weight is 262 g/mol. The van der Waals surface area contributed by atoms with Gasteiger partial charge in [-0.25, -0.2) is 0 Å². The van der Waals surface area contributed by atoms with Crippen LogP contribution in [0.15, 0.2) is 18.2 Å². The molecule has 1 aromatic rings. The molecule has 106 valence electrons. The minimum Gasteiger partial charge on any atom is -0.392 e. The molecule has 3 nitrogen and oxygen atoms in total. The Morgan fingerprint density at radius 2 is 2.00 bits per heavy atom. The molecule has 1 aromatic carbocycles. The summed E-state index contributed by atoms with van der Waals surface area (Å²) in [5.74, 6) is 0. The van der Waals surface area contributed by atoms with Crippen LogP contribution in [0.3, 0.4) is 0 Å². The van der Waals surface area contributed by atoms with Crippen LogP contribution in [-0.2, 0) is 0 Å². The third kappa shape index (κ3) is 4.30. The minimum atomic E-state index is -0.147. The predicted octanol–water partition coefficient (Wildman–Crippen LogP) is 2.15. The highest BCUT2D eigenvalue weighted by Crippen LogP contribution is 2.19. The number of β-amino-alcohol motifs (C(OH)–C–C–N with tert-alkyl or cyclic N) is 1. The molecule has 0 radical (unpaired) electrons. The molecule has 1 aliphatic rings. The van der Waals surface area contributed by atoms with E-state index >= 15 is 0 Å². The Morgan fingerprint density at radius 3 is 2.63 bits per heavy atom. The lowest BCUT2D eigenvalue weighted by Gasteiger charge is -2.30. The van der Waals surface area contributed by atoms with Crippen LogP contribution < -0.4 is 5.73 Å². The SMILES string of the molecule is Cc1cc(C)cc(C(N)CCN2CCCC(O)C2)c1. The van der Waals surface area contributed by atoms with Crippen LogP contribution >= 0.6 is 0 Å². The summed E-state index contributed by atoms with van der Waals surface area (Å²) in [5.41, 5.74) is 10.1. The fourth-order valence-electron chi connectivity index (χ4n) is 2.95. The molecule has 0 amide bonds. The van der Waals surface area contributed by atoms with Gasteiger partial charge in [0.15, 0.2) is 0 Å². The van der Waals surface area contributed by atoms with Gasteiger partial charge in [0, 0.05) is 19.1 Å². The van der Waals surface area contributed by atoms with Gasteiger partial charge in [-0.3, -0.25) is 0 Å². The van der Waals surface area contributed by atoms with E-state index in [1.54, 1.807) is 0 Å². The number of nitrogens with zero attached hydrogens (tertiary/aromatic N) is 1. The molecular weight excluding hydrogens is 236 g/mol. The third-order valence-corrected chi connectivity index (χ3v) is 3.91. The van der Waals surface area contributed by atoms with Gasteiger partial charge in [-0.15, -0.1) is 0 Å². The summed E-state index contributed by atoms with van der Waals surface area (Å²) in [4.78, 5) is 2.33. The highest BCUT2D eigenvalue weighted by Gasteiger charge is 2.18. The second-order valence-electron chi connectivity index (χ2n) is 5.91. The van der Waals surface area contributed by atoms with Gasteiger partial charge < -0.3 is 15.7 Å². The predicted molar refractivity (Wildman–Crippen MR) is 79.1 cm³/mol. The van der Waals surface area contributed by atoms with E-state index in [1.165, 1.54) is 16.7 Å². The van der Waals surface area contributed by atoms with Crippen molar-refractivity contribution in [2.45, 2.75) is 45.3 Å². The molecule has 1 saturated heterocycles. The molecule has 2 rings (SSSR count). The molecular formula is C16H26N2O. The molecule has 0 bridgehead atoms. The van der Waals surface area contributed by atoms with Crippen LogP contribution in [-0.4, -0.2) is 35.7 Å². The van der Waals surface area contributed by atoms with Gasteiger partial charge >= 0.3 is 0 Å². The Bertz CT molecular complexity index is 399. The van der Waals surface area contributed by atoms with Gasteiger partial charge in [-0.2, -0.15) is 0 Å². The molecule has 1 heterocycles. The number of aliphatic hydroxyl groups is 1. The first-order valence-electron chi connectivity index (χ1n) is 7.29. The second kappa shape index (κ2) is 6.51. The first-order valence-corrected chi connectivity index (χ1v) is 7.29. The molecule has 2 unspecified atom stereocenters. The zero-order valence-corrected chi connectivity index (χ0v) is 12.1. The lowest BCUT2D eigenvalue weighted by atomic mass is 9.99. The maximum absolute atomic E-state index is 9.66. The van der Waals surface area contributed by atoms with Crippen molar-refractivity contribution >= 4 is 0 Å². The van der Waals surface area contributed by atoms with Gasteiger partial charge in [0.05, 0.1) is 6.10 Å². The monoisotopic (exact) mass is 262 g/mol. The Morgan fingerprint density at radius 1 is 1.32 bits per heavy atom. The van der Waals surface area contributed by atoms with Crippen molar-refractivity contribution in [2.75, 3.05) is 19.6 Å². The molecule has 0 aliphatic carbocycles. The Kier molecular flexibility index (Phi) is 4.97. The first-order chi connectivity index (χ1) is 9.04. The van der Waals surface area contributed by atoms with Gasteiger partial charge in [0.1, 0.15) is 0 Å². The zero-order chi connectivity index (χ0) is 13.8. The molecule has 1 aliphatic heterocycles. The summed E-state index contributed by atoms with van der Waals surface area (Å²) in [7, 11) is 0. The van der Waals surface area contributed by atoms with Crippen molar-refractivity contribution < 1.29 is 5.11 Å². The van der Waals surface area contributed by atoms with Crippen LogP contribution in [0.1, 0.15) is 42.0 Å². The van der Waals surface area contributed by atoms with Crippen molar-refractivity contribution in [1.82, 2.24) is 4.90 Å². The van der Waals surface area contributed by atoms with Crippen LogP contribution in [0.4, 0.5) is 0 Å². The Labute approximate surface area is 116 Å². The summed E-state index contributed by atoms with van der Waals surface area (Å²) >= 11 is 0. The lowest BCUT2D eigenvalue weighted by Crippen LogP contribution is -2.39. The van der Waals surface area contributed by atoms with Gasteiger partial charge in [0.2, 0.25) is 0 Å². The van der Waals surface area contributed by atoms with E-state index in [9.17, 15) is 5.11 Å². The third-order valence-electron chi connectivity index (χ3n) is 3.91. The van der Waals surface area contributed by atoms with Crippen molar-refractivity contribution in [3.05, 3.63) is 34.9 Å². The molecule has 0 saturated carbocycles. The number of likely N-dealkylation sites (tertiary alicyclic amines) is 1. The van der Waals surface area contributed by atoms with Crippen molar-refractivity contribution in [3.8, 4) is 0 Å². The highest BCUT2D eigenvalue weighted by atomic mass is 16.3. The molecule has 0 spiro atoms. The molecule has 19 heavy (non-hydrogen) atoms. The fraction of sp³-hybridized carbons (Fsp3) is 0.625. The number of aryl methyl sites for hydroxylation is 2. The maximum Gasteiger partial charge on any atom is 0.0667 e. The molecule has 0 aromatic heterocycles. The van der Waals surface area contributed by atoms with Crippen LogP contribution in [0.5, 0.6) is 0 Å². The van der Waals surface area contributed by atoms with Crippen molar-refractivity contribution in [1.29, 1.82) is 0 Å². The summed E-state index contributed by atoms with van der Waals surface area (Å²) in [6.07, 6.45) is 2.85. The van der Waals surface area contributed by atoms with E-state index in [-0.39, 0.29) is 12.1 Å². The first kappa shape index (κ1) is 14.5. The Balaban J connectivity index is 1.88. The van der Waals surface area contributed by atoms with E-state index in [4.69, 9.17) is 5.73 Å². The van der Waals surface area contributed by atoms with Gasteiger partial charge in [-0.1, -0.05) is 29.3 Å². The van der Waals surface area contributed by atoms with Gasteiger partial charge in [0.25, 0.3) is 0 Å². The molecule has 3 N–H and O–H groups in total. The minimum absolute atomic E-state index is 0.0951. The number of benzene rings is 1. The van der Waals surface area contributed by atoms with E-state index in [0.717, 1.165) is 38.9 Å². The summed E-state index contributed by atoms with van der Waals surface area (Å²) < 4.78 is 0. The maximum atomic E-state index is 9.66. The van der Waals surface area contributed by atoms with E-state index in [1.807, 2.05) is 0 Å². The molecule has 3 heteroatoms. The number of aliphatic hydroxyl groups excluding tert-OH is 1. The summed E-state index contributed by atoms with van der Waals surface area (Å²) in [6.45, 7) is 7.11. The van der Waals surface area contributed by atoms with E-state index < -0.39 is 0 Å². The summed E-state index contributed by atoms with van der Waals surface area (Å²) in [6, 6.07) is 6.64. The number of rotatable bonds is 4. The standard InChI is InChI=1S/C16H26N2O/c1-12-8-13(2)10-14(9-12)16(17)5-7-18-6-3-4-15(19)11-18/h8-10,15-16,19H,3-7,11,17H2,1-2H3. The number of nitrogens with two attached hydrogens (primary N) is 1. The van der Waals surface area contributed by atoms with E-state index in [2.05, 4.69) is 36.9 Å². The number of hydrogen-bond donors (Lipinski definition) is 2. The fourth-order valence-corrected chi connectivity index (χ4v) is 2.95. The van der Waals surface area contributed by atoms with E-state index in [0.29, 0.717) is 0 Å². The van der Waals surface area contributed by atoms with Crippen molar-refractivity contribution in [2.24, 2.45) is 5.73 Å². The quantitative estimate of drug-likeness (QED) is 0.874. The van der Waals surface area contributed by atoms with Crippen molar-refractivity contribution in [3.63, 3.8) is 0 Å². The summed E-state index contributed by atoms with van der Waals surface area (Å²) in [5, 5.41) is 9.66. The van der Waals surface area contributed by atoms with Crippen LogP contribution in [0.25, 0.3) is 0 Å². The average Bonchev–Trinajstić information content (AvgIpc) is 2.35. The Hall–Kier alpha value is -0.900. The number of piperidine rings is 1. The molecule has 1 fully saturated rings. The largest absolute Gasteiger partial charge is 0.392 e. The van der Waals surface area contributed by atoms with Gasteiger partial charge in [-0.05, 0) is 45.2 Å². The zero-order valence-electron chi connectivity index (χ0n) is 12.1. The second-order valence-corrected chi connectivity index (χ2v) is 5.91. The number of hydrogen-bond acceptors (Lipinski definition) is 3. The molecule has 2 atom stereocenters. The van der Waals surface area contributed by atoms with Crippen LogP contribution in [0, 0.1) is 13.8 Å². The smallest absolute Gasteiger partial charge is 0.0667 e. The van der Waals surface area contributed by atoms with Crippen LogP contribution in [0.2, 0.25) is 0 Å².